The van der Waals surface area contributed by atoms with Crippen molar-refractivity contribution in [3.05, 3.63) is 29.8 Å². The van der Waals surface area contributed by atoms with Crippen LogP contribution in [0.5, 0.6) is 5.75 Å². The third-order valence-corrected chi connectivity index (χ3v) is 5.72. The van der Waals surface area contributed by atoms with E-state index in [1.165, 1.54) is 0 Å². The van der Waals surface area contributed by atoms with E-state index in [1.54, 1.807) is 0 Å². The Balaban J connectivity index is 1.82. The zero-order chi connectivity index (χ0) is 21.1. The summed E-state index contributed by atoms with van der Waals surface area (Å²) in [6, 6.07) is 9.88. The number of hydrogen-bond donors (Lipinski definition) is 1. The predicted octanol–water partition coefficient (Wildman–Crippen LogP) is 2.10. The molecule has 1 aliphatic rings. The number of carbonyl (C=O) groups excluding carboxylic acids is 1. The Labute approximate surface area is 173 Å². The summed E-state index contributed by atoms with van der Waals surface area (Å²) in [5, 5.41) is 9.45. The Hall–Kier alpha value is -2.14. The van der Waals surface area contributed by atoms with Gasteiger partial charge in [0.2, 0.25) is 5.91 Å². The molecule has 29 heavy (non-hydrogen) atoms. The quantitative estimate of drug-likeness (QED) is 0.537. The molecule has 1 heterocycles. The van der Waals surface area contributed by atoms with E-state index in [4.69, 9.17) is 19.9 Å². The summed E-state index contributed by atoms with van der Waals surface area (Å²) in [5.74, 6) is 0.00866. The molecule has 2 rings (SSSR count). The summed E-state index contributed by atoms with van der Waals surface area (Å²) < 4.78 is 16.7. The highest BCUT2D eigenvalue weighted by Gasteiger charge is 2.38. The van der Waals surface area contributed by atoms with Crippen LogP contribution < -0.4 is 10.5 Å². The molecule has 0 aromatic heterocycles. The molecule has 160 valence electrons. The van der Waals surface area contributed by atoms with Crippen molar-refractivity contribution >= 4 is 5.91 Å². The Bertz CT molecular complexity index is 668. The number of nitriles is 1. The first kappa shape index (κ1) is 23.1. The number of carbonyl (C=O) groups is 1. The maximum Gasteiger partial charge on any atom is 0.218 e. The lowest BCUT2D eigenvalue weighted by molar-refractivity contribution is -0.119. The molecule has 7 nitrogen and oxygen atoms in total. The van der Waals surface area contributed by atoms with E-state index in [0.29, 0.717) is 26.2 Å². The highest BCUT2D eigenvalue weighted by molar-refractivity contribution is 5.75. The van der Waals surface area contributed by atoms with E-state index >= 15 is 0 Å². The first-order valence-corrected chi connectivity index (χ1v) is 10.3. The molecular weight excluding hydrogens is 370 g/mol. The van der Waals surface area contributed by atoms with Gasteiger partial charge in [0.25, 0.3) is 0 Å². The van der Waals surface area contributed by atoms with Crippen molar-refractivity contribution in [2.45, 2.75) is 32.1 Å². The molecule has 1 aromatic carbocycles. The molecule has 1 aromatic rings. The zero-order valence-corrected chi connectivity index (χ0v) is 17.6. The summed E-state index contributed by atoms with van der Waals surface area (Å²) in [6.07, 6.45) is 0.803. The van der Waals surface area contributed by atoms with Crippen LogP contribution in [0.3, 0.4) is 0 Å². The average molecular weight is 404 g/mol. The second-order valence-corrected chi connectivity index (χ2v) is 7.44. The van der Waals surface area contributed by atoms with E-state index in [-0.39, 0.29) is 12.3 Å². The normalized spacial score (nSPS) is 17.8. The number of hydrogen-bond acceptors (Lipinski definition) is 6. The first-order chi connectivity index (χ1) is 14.0. The SMILES string of the molecule is CCC(CC(N)=O)(c1ccc(OCCOCCN2CCOCC2)cc1)C(C)C#N. The molecule has 0 saturated carbocycles. The van der Waals surface area contributed by atoms with Crippen LogP contribution in [0.15, 0.2) is 24.3 Å². The zero-order valence-electron chi connectivity index (χ0n) is 17.6. The van der Waals surface area contributed by atoms with Crippen LogP contribution >= 0.6 is 0 Å². The maximum atomic E-state index is 11.6. The number of nitrogens with two attached hydrogens (primary N) is 1. The monoisotopic (exact) mass is 403 g/mol. The molecule has 1 amide bonds. The molecule has 2 atom stereocenters. The third kappa shape index (κ3) is 6.70. The molecule has 7 heteroatoms. The summed E-state index contributed by atoms with van der Waals surface area (Å²) in [7, 11) is 0. The van der Waals surface area contributed by atoms with Gasteiger partial charge < -0.3 is 19.9 Å². The van der Waals surface area contributed by atoms with Gasteiger partial charge in [-0.05, 0) is 31.0 Å². The molecule has 1 aliphatic heterocycles. The average Bonchev–Trinajstić information content (AvgIpc) is 2.75. The Morgan fingerprint density at radius 3 is 2.55 bits per heavy atom. The third-order valence-electron chi connectivity index (χ3n) is 5.72. The number of benzene rings is 1. The maximum absolute atomic E-state index is 11.6. The minimum Gasteiger partial charge on any atom is -0.491 e. The summed E-state index contributed by atoms with van der Waals surface area (Å²) >= 11 is 0. The Morgan fingerprint density at radius 2 is 1.97 bits per heavy atom. The number of morpholine rings is 1. The highest BCUT2D eigenvalue weighted by Crippen LogP contribution is 2.39. The fourth-order valence-electron chi connectivity index (χ4n) is 3.80. The Kier molecular flexibility index (Phi) is 9.39. The highest BCUT2D eigenvalue weighted by atomic mass is 16.5. The molecule has 2 N–H and O–H groups in total. The fraction of sp³-hybridized carbons (Fsp3) is 0.636. The van der Waals surface area contributed by atoms with Crippen LogP contribution in [0.1, 0.15) is 32.3 Å². The van der Waals surface area contributed by atoms with Crippen LogP contribution in [0.25, 0.3) is 0 Å². The summed E-state index contributed by atoms with van der Waals surface area (Å²) in [5.41, 5.74) is 5.82. The van der Waals surface area contributed by atoms with Crippen molar-refractivity contribution in [3.63, 3.8) is 0 Å². The predicted molar refractivity (Wildman–Crippen MR) is 111 cm³/mol. The van der Waals surface area contributed by atoms with Gasteiger partial charge in [-0.15, -0.1) is 0 Å². The van der Waals surface area contributed by atoms with Crippen molar-refractivity contribution in [2.75, 3.05) is 52.7 Å². The van der Waals surface area contributed by atoms with E-state index in [2.05, 4.69) is 11.0 Å². The Morgan fingerprint density at radius 1 is 1.28 bits per heavy atom. The molecule has 0 bridgehead atoms. The molecule has 0 aliphatic carbocycles. The van der Waals surface area contributed by atoms with Gasteiger partial charge in [0.15, 0.2) is 0 Å². The molecule has 0 spiro atoms. The molecule has 1 saturated heterocycles. The van der Waals surface area contributed by atoms with Crippen LogP contribution in [0.2, 0.25) is 0 Å². The molecule has 1 fully saturated rings. The van der Waals surface area contributed by atoms with Crippen LogP contribution in [0, 0.1) is 17.2 Å². The largest absolute Gasteiger partial charge is 0.491 e. The van der Waals surface area contributed by atoms with E-state index < -0.39 is 11.3 Å². The van der Waals surface area contributed by atoms with Gasteiger partial charge in [-0.2, -0.15) is 5.26 Å². The second kappa shape index (κ2) is 11.8. The van der Waals surface area contributed by atoms with E-state index in [9.17, 15) is 10.1 Å². The van der Waals surface area contributed by atoms with Crippen LogP contribution in [-0.2, 0) is 19.7 Å². The van der Waals surface area contributed by atoms with Crippen molar-refractivity contribution in [2.24, 2.45) is 11.7 Å². The smallest absolute Gasteiger partial charge is 0.218 e. The van der Waals surface area contributed by atoms with Crippen molar-refractivity contribution in [3.8, 4) is 11.8 Å². The summed E-state index contributed by atoms with van der Waals surface area (Å²) in [6.45, 7) is 9.93. The number of nitrogens with zero attached hydrogens (tertiary/aromatic N) is 2. The van der Waals surface area contributed by atoms with Gasteiger partial charge in [-0.3, -0.25) is 9.69 Å². The van der Waals surface area contributed by atoms with Gasteiger partial charge in [0.05, 0.1) is 38.4 Å². The topological polar surface area (TPSA) is 97.8 Å². The van der Waals surface area contributed by atoms with Crippen LogP contribution in [0.4, 0.5) is 0 Å². The minimum atomic E-state index is -0.582. The van der Waals surface area contributed by atoms with Crippen LogP contribution in [-0.4, -0.2) is 63.5 Å². The van der Waals surface area contributed by atoms with Gasteiger partial charge >= 0.3 is 0 Å². The number of ether oxygens (including phenoxy) is 3. The summed E-state index contributed by atoms with van der Waals surface area (Å²) in [4.78, 5) is 14.0. The van der Waals surface area contributed by atoms with Crippen molar-refractivity contribution in [1.82, 2.24) is 4.90 Å². The van der Waals surface area contributed by atoms with Gasteiger partial charge in [0, 0.05) is 31.5 Å². The lowest BCUT2D eigenvalue weighted by Gasteiger charge is -2.35. The van der Waals surface area contributed by atoms with E-state index in [0.717, 1.165) is 44.2 Å². The standard InChI is InChI=1S/C22H33N3O4/c1-3-22(16-21(24)26,18(2)17-23)19-4-6-20(7-5-19)29-15-14-28-13-10-25-8-11-27-12-9-25/h4-7,18H,3,8-16H2,1-2H3,(H2,24,26). The number of primary amides is 1. The lowest BCUT2D eigenvalue weighted by atomic mass is 9.67. The molecule has 0 radical (unpaired) electrons. The molecule has 2 unspecified atom stereocenters. The number of amides is 1. The number of rotatable bonds is 12. The van der Waals surface area contributed by atoms with Crippen molar-refractivity contribution < 1.29 is 19.0 Å². The van der Waals surface area contributed by atoms with Gasteiger partial charge in [-0.1, -0.05) is 19.1 Å². The fourth-order valence-corrected chi connectivity index (χ4v) is 3.80. The van der Waals surface area contributed by atoms with Gasteiger partial charge in [0.1, 0.15) is 12.4 Å². The first-order valence-electron chi connectivity index (χ1n) is 10.3. The van der Waals surface area contributed by atoms with E-state index in [1.807, 2.05) is 38.1 Å². The molecular formula is C22H33N3O4. The van der Waals surface area contributed by atoms with Gasteiger partial charge in [-0.25, -0.2) is 0 Å². The minimum absolute atomic E-state index is 0.148. The second-order valence-electron chi connectivity index (χ2n) is 7.44. The lowest BCUT2D eigenvalue weighted by Crippen LogP contribution is -2.38. The van der Waals surface area contributed by atoms with Crippen molar-refractivity contribution in [1.29, 1.82) is 5.26 Å².